The van der Waals surface area contributed by atoms with Gasteiger partial charge in [0.1, 0.15) is 0 Å². The SMILES string of the molecule is COC(=O)CCCC(=O)N(CC(=O)NCC(=O)Nc1ccc(C)cc1)C(C)C. The number of ether oxygens (including phenoxy) is 1. The molecule has 0 aliphatic heterocycles. The molecule has 0 heterocycles. The number of nitrogens with one attached hydrogen (secondary N) is 2. The van der Waals surface area contributed by atoms with Gasteiger partial charge in [-0.25, -0.2) is 0 Å². The van der Waals surface area contributed by atoms with Crippen LogP contribution in [0.3, 0.4) is 0 Å². The third-order valence-corrected chi connectivity index (χ3v) is 4.04. The predicted molar refractivity (Wildman–Crippen MR) is 106 cm³/mol. The zero-order chi connectivity index (χ0) is 21.1. The minimum absolute atomic E-state index is 0.146. The maximum atomic E-state index is 12.3. The second kappa shape index (κ2) is 11.7. The van der Waals surface area contributed by atoms with Crippen LogP contribution in [0.25, 0.3) is 0 Å². The number of esters is 1. The van der Waals surface area contributed by atoms with Gasteiger partial charge in [0.25, 0.3) is 0 Å². The molecule has 0 radical (unpaired) electrons. The maximum Gasteiger partial charge on any atom is 0.305 e. The molecule has 0 saturated heterocycles. The van der Waals surface area contributed by atoms with Crippen molar-refractivity contribution in [2.75, 3.05) is 25.5 Å². The molecule has 154 valence electrons. The highest BCUT2D eigenvalue weighted by atomic mass is 16.5. The molecule has 1 rings (SSSR count). The highest BCUT2D eigenvalue weighted by molar-refractivity contribution is 5.95. The smallest absolute Gasteiger partial charge is 0.305 e. The number of methoxy groups -OCH3 is 1. The number of nitrogens with zero attached hydrogens (tertiary/aromatic N) is 1. The molecule has 8 heteroatoms. The third-order valence-electron chi connectivity index (χ3n) is 4.04. The van der Waals surface area contributed by atoms with Crippen LogP contribution in [0.15, 0.2) is 24.3 Å². The van der Waals surface area contributed by atoms with Gasteiger partial charge in [0.05, 0.1) is 20.2 Å². The first-order chi connectivity index (χ1) is 13.2. The molecule has 1 aromatic rings. The van der Waals surface area contributed by atoms with Crippen molar-refractivity contribution in [3.8, 4) is 0 Å². The molecule has 0 aromatic heterocycles. The Balaban J connectivity index is 2.44. The minimum atomic E-state index is -0.422. The fourth-order valence-corrected chi connectivity index (χ4v) is 2.42. The summed E-state index contributed by atoms with van der Waals surface area (Å²) in [5.41, 5.74) is 1.73. The van der Waals surface area contributed by atoms with Gasteiger partial charge in [0.15, 0.2) is 0 Å². The van der Waals surface area contributed by atoms with Crippen molar-refractivity contribution < 1.29 is 23.9 Å². The molecule has 0 atom stereocenters. The van der Waals surface area contributed by atoms with E-state index in [1.54, 1.807) is 26.0 Å². The molecule has 3 amide bonds. The Bertz CT molecular complexity index is 686. The second-order valence-electron chi connectivity index (χ2n) is 6.74. The van der Waals surface area contributed by atoms with Gasteiger partial charge in [0, 0.05) is 24.6 Å². The Labute approximate surface area is 165 Å². The third kappa shape index (κ3) is 8.66. The average molecular weight is 391 g/mol. The molecule has 28 heavy (non-hydrogen) atoms. The summed E-state index contributed by atoms with van der Waals surface area (Å²) >= 11 is 0. The van der Waals surface area contributed by atoms with Gasteiger partial charge in [0.2, 0.25) is 17.7 Å². The number of anilines is 1. The van der Waals surface area contributed by atoms with Crippen molar-refractivity contribution in [3.05, 3.63) is 29.8 Å². The molecule has 1 aromatic carbocycles. The Hall–Kier alpha value is -2.90. The average Bonchev–Trinajstić information content (AvgIpc) is 2.65. The molecule has 0 bridgehead atoms. The van der Waals surface area contributed by atoms with E-state index in [2.05, 4.69) is 15.4 Å². The fraction of sp³-hybridized carbons (Fsp3) is 0.500. The van der Waals surface area contributed by atoms with Crippen LogP contribution in [-0.4, -0.2) is 54.8 Å². The highest BCUT2D eigenvalue weighted by Crippen LogP contribution is 2.08. The summed E-state index contributed by atoms with van der Waals surface area (Å²) in [4.78, 5) is 48.9. The number of carbonyl (C=O) groups excluding carboxylic acids is 4. The quantitative estimate of drug-likeness (QED) is 0.590. The number of carbonyl (C=O) groups is 4. The van der Waals surface area contributed by atoms with Crippen LogP contribution in [0.1, 0.15) is 38.7 Å². The molecule has 8 nitrogen and oxygen atoms in total. The van der Waals surface area contributed by atoms with E-state index >= 15 is 0 Å². The van der Waals surface area contributed by atoms with Gasteiger partial charge in [-0.05, 0) is 39.3 Å². The lowest BCUT2D eigenvalue weighted by atomic mass is 10.2. The summed E-state index contributed by atoms with van der Waals surface area (Å²) in [6.07, 6.45) is 0.656. The molecule has 0 unspecified atom stereocenters. The van der Waals surface area contributed by atoms with Gasteiger partial charge >= 0.3 is 5.97 Å². The van der Waals surface area contributed by atoms with Crippen molar-refractivity contribution in [3.63, 3.8) is 0 Å². The Morgan fingerprint density at radius 3 is 2.25 bits per heavy atom. The normalized spacial score (nSPS) is 10.3. The van der Waals surface area contributed by atoms with Crippen LogP contribution in [0.2, 0.25) is 0 Å². The predicted octanol–water partition coefficient (Wildman–Crippen LogP) is 1.63. The molecule has 0 aliphatic rings. The summed E-state index contributed by atoms with van der Waals surface area (Å²) in [5, 5.41) is 5.21. The van der Waals surface area contributed by atoms with Gasteiger partial charge in [-0.2, -0.15) is 0 Å². The van der Waals surface area contributed by atoms with Crippen molar-refractivity contribution in [2.24, 2.45) is 0 Å². The van der Waals surface area contributed by atoms with Crippen molar-refractivity contribution >= 4 is 29.4 Å². The topological polar surface area (TPSA) is 105 Å². The van der Waals surface area contributed by atoms with E-state index in [4.69, 9.17) is 0 Å². The molecule has 0 spiro atoms. The fourth-order valence-electron chi connectivity index (χ4n) is 2.42. The lowest BCUT2D eigenvalue weighted by Gasteiger charge is -2.26. The maximum absolute atomic E-state index is 12.3. The summed E-state index contributed by atoms with van der Waals surface area (Å²) in [6.45, 7) is 5.22. The van der Waals surface area contributed by atoms with Crippen LogP contribution in [-0.2, 0) is 23.9 Å². The Morgan fingerprint density at radius 1 is 1.04 bits per heavy atom. The van der Waals surface area contributed by atoms with E-state index < -0.39 is 5.91 Å². The standard InChI is InChI=1S/C20H29N3O5/c1-14(2)23(19(26)6-5-7-20(27)28-4)13-18(25)21-12-17(24)22-16-10-8-15(3)9-11-16/h8-11,14H,5-7,12-13H2,1-4H3,(H,21,25)(H,22,24). The van der Waals surface area contributed by atoms with Gasteiger partial charge in [-0.3, -0.25) is 19.2 Å². The van der Waals surface area contributed by atoms with Crippen molar-refractivity contribution in [2.45, 2.75) is 46.1 Å². The minimum Gasteiger partial charge on any atom is -0.469 e. The van der Waals surface area contributed by atoms with Gasteiger partial charge in [-0.15, -0.1) is 0 Å². The van der Waals surface area contributed by atoms with Crippen LogP contribution in [0.5, 0.6) is 0 Å². The largest absolute Gasteiger partial charge is 0.469 e. The van der Waals surface area contributed by atoms with E-state index in [9.17, 15) is 19.2 Å². The lowest BCUT2D eigenvalue weighted by Crippen LogP contribution is -2.45. The first kappa shape index (κ1) is 23.1. The van der Waals surface area contributed by atoms with E-state index in [-0.39, 0.29) is 49.8 Å². The molecule has 0 saturated carbocycles. The monoisotopic (exact) mass is 391 g/mol. The second-order valence-corrected chi connectivity index (χ2v) is 6.74. The number of aryl methyl sites for hydroxylation is 1. The zero-order valence-corrected chi connectivity index (χ0v) is 16.9. The number of amides is 3. The van der Waals surface area contributed by atoms with Gasteiger partial charge < -0.3 is 20.3 Å². The Kier molecular flexibility index (Phi) is 9.70. The van der Waals surface area contributed by atoms with Crippen molar-refractivity contribution in [1.82, 2.24) is 10.2 Å². The molecular weight excluding hydrogens is 362 g/mol. The number of benzene rings is 1. The van der Waals surface area contributed by atoms with Gasteiger partial charge in [-0.1, -0.05) is 17.7 Å². The van der Waals surface area contributed by atoms with Crippen LogP contribution in [0.4, 0.5) is 5.69 Å². The molecule has 0 fully saturated rings. The lowest BCUT2D eigenvalue weighted by molar-refractivity contribution is -0.141. The van der Waals surface area contributed by atoms with Crippen LogP contribution >= 0.6 is 0 Å². The molecular formula is C20H29N3O5. The Morgan fingerprint density at radius 2 is 1.68 bits per heavy atom. The summed E-state index contributed by atoms with van der Waals surface area (Å²) < 4.78 is 4.54. The highest BCUT2D eigenvalue weighted by Gasteiger charge is 2.20. The number of hydrogen-bond acceptors (Lipinski definition) is 5. The summed E-state index contributed by atoms with van der Waals surface area (Å²) in [5.74, 6) is -1.37. The van der Waals surface area contributed by atoms with Crippen LogP contribution < -0.4 is 10.6 Å². The van der Waals surface area contributed by atoms with E-state index in [1.165, 1.54) is 12.0 Å². The van der Waals surface area contributed by atoms with E-state index in [0.29, 0.717) is 12.1 Å². The van der Waals surface area contributed by atoms with Crippen molar-refractivity contribution in [1.29, 1.82) is 0 Å². The van der Waals surface area contributed by atoms with E-state index in [1.807, 2.05) is 19.1 Å². The molecule has 0 aliphatic carbocycles. The zero-order valence-electron chi connectivity index (χ0n) is 16.9. The van der Waals surface area contributed by atoms with Crippen LogP contribution in [0, 0.1) is 6.92 Å². The first-order valence-electron chi connectivity index (χ1n) is 9.22. The first-order valence-corrected chi connectivity index (χ1v) is 9.22. The number of hydrogen-bond donors (Lipinski definition) is 2. The van der Waals surface area contributed by atoms with E-state index in [0.717, 1.165) is 5.56 Å². The number of rotatable bonds is 10. The summed E-state index contributed by atoms with van der Waals surface area (Å²) in [7, 11) is 1.30. The summed E-state index contributed by atoms with van der Waals surface area (Å²) in [6, 6.07) is 7.13. The molecule has 2 N–H and O–H groups in total.